The lowest BCUT2D eigenvalue weighted by Crippen LogP contribution is -2.07. The maximum atomic E-state index is 12.7. The topological polar surface area (TPSA) is 44.8 Å². The zero-order valence-electron chi connectivity index (χ0n) is 14.4. The number of hydrogen-bond donors (Lipinski definition) is 0. The number of benzene rings is 1. The molecule has 0 radical (unpaired) electrons. The van der Waals surface area contributed by atoms with Crippen LogP contribution >= 0.6 is 22.7 Å². The molecule has 6 heteroatoms. The molecule has 1 aromatic carbocycles. The molecule has 2 heterocycles. The Bertz CT molecular complexity index is 881. The highest BCUT2D eigenvalue weighted by Gasteiger charge is 2.16. The van der Waals surface area contributed by atoms with Gasteiger partial charge in [0.2, 0.25) is 0 Å². The average molecular weight is 386 g/mol. The van der Waals surface area contributed by atoms with Gasteiger partial charge in [-0.25, -0.2) is 4.79 Å². The van der Waals surface area contributed by atoms with Crippen molar-refractivity contribution in [1.29, 1.82) is 0 Å². The van der Waals surface area contributed by atoms with E-state index in [1.807, 2.05) is 41.1 Å². The van der Waals surface area contributed by atoms with Crippen LogP contribution < -0.4 is 9.47 Å². The summed E-state index contributed by atoms with van der Waals surface area (Å²) < 4.78 is 16.1. The molecule has 4 nitrogen and oxygen atoms in total. The number of methoxy groups -OCH3 is 2. The van der Waals surface area contributed by atoms with Crippen molar-refractivity contribution in [3.8, 4) is 11.5 Å². The second-order valence-electron chi connectivity index (χ2n) is 5.30. The minimum atomic E-state index is -0.370. The van der Waals surface area contributed by atoms with E-state index in [4.69, 9.17) is 14.2 Å². The summed E-state index contributed by atoms with van der Waals surface area (Å²) >= 11 is 3.08. The molecule has 134 valence electrons. The van der Waals surface area contributed by atoms with Crippen LogP contribution in [0.25, 0.3) is 11.6 Å². The fourth-order valence-corrected chi connectivity index (χ4v) is 3.78. The highest BCUT2D eigenvalue weighted by molar-refractivity contribution is 7.12. The van der Waals surface area contributed by atoms with Crippen LogP contribution in [-0.2, 0) is 16.1 Å². The molecule has 0 saturated carbocycles. The SMILES string of the molecule is COc1ccc(OC)c(COC(=O)/C(=C/c2cccs2)c2cccs2)c1. The Labute approximate surface area is 160 Å². The largest absolute Gasteiger partial charge is 0.497 e. The van der Waals surface area contributed by atoms with Crippen LogP contribution in [0.1, 0.15) is 15.3 Å². The number of rotatable bonds is 7. The minimum Gasteiger partial charge on any atom is -0.497 e. The van der Waals surface area contributed by atoms with Gasteiger partial charge in [-0.1, -0.05) is 12.1 Å². The third-order valence-electron chi connectivity index (χ3n) is 3.68. The van der Waals surface area contributed by atoms with Gasteiger partial charge in [0.25, 0.3) is 0 Å². The quantitative estimate of drug-likeness (QED) is 0.418. The molecule has 0 unspecified atom stereocenters. The summed E-state index contributed by atoms with van der Waals surface area (Å²) in [6, 6.07) is 13.2. The number of carbonyl (C=O) groups is 1. The van der Waals surface area contributed by atoms with Crippen LogP contribution in [0.3, 0.4) is 0 Å². The molecule has 3 aromatic rings. The predicted molar refractivity (Wildman–Crippen MR) is 106 cm³/mol. The highest BCUT2D eigenvalue weighted by atomic mass is 32.1. The molecule has 0 atom stereocenters. The lowest BCUT2D eigenvalue weighted by molar-refractivity contribution is -0.137. The van der Waals surface area contributed by atoms with Gasteiger partial charge in [0.15, 0.2) is 0 Å². The number of hydrogen-bond acceptors (Lipinski definition) is 6. The van der Waals surface area contributed by atoms with E-state index in [1.54, 1.807) is 43.8 Å². The molecule has 0 saturated heterocycles. The molecule has 3 rings (SSSR count). The van der Waals surface area contributed by atoms with Crippen molar-refractivity contribution in [1.82, 2.24) is 0 Å². The van der Waals surface area contributed by atoms with Crippen molar-refractivity contribution in [3.05, 3.63) is 68.5 Å². The lowest BCUT2D eigenvalue weighted by atomic mass is 10.2. The van der Waals surface area contributed by atoms with Crippen LogP contribution in [0.5, 0.6) is 11.5 Å². The third kappa shape index (κ3) is 4.33. The van der Waals surface area contributed by atoms with E-state index in [2.05, 4.69) is 0 Å². The van der Waals surface area contributed by atoms with Crippen LogP contribution in [0.2, 0.25) is 0 Å². The van der Waals surface area contributed by atoms with Crippen molar-refractivity contribution in [2.45, 2.75) is 6.61 Å². The lowest BCUT2D eigenvalue weighted by Gasteiger charge is -2.12. The van der Waals surface area contributed by atoms with Crippen molar-refractivity contribution in [2.24, 2.45) is 0 Å². The van der Waals surface area contributed by atoms with E-state index in [-0.39, 0.29) is 12.6 Å². The Morgan fingerprint density at radius 2 is 1.85 bits per heavy atom. The van der Waals surface area contributed by atoms with Gasteiger partial charge in [0.05, 0.1) is 19.8 Å². The second-order valence-corrected chi connectivity index (χ2v) is 7.23. The van der Waals surface area contributed by atoms with E-state index in [0.29, 0.717) is 17.1 Å². The molecule has 0 aliphatic carbocycles. The number of thiophene rings is 2. The van der Waals surface area contributed by atoms with E-state index in [1.165, 1.54) is 11.3 Å². The normalized spacial score (nSPS) is 11.2. The fraction of sp³-hybridized carbons (Fsp3) is 0.150. The Hall–Kier alpha value is -2.57. The van der Waals surface area contributed by atoms with E-state index >= 15 is 0 Å². The molecule has 0 N–H and O–H groups in total. The molecule has 26 heavy (non-hydrogen) atoms. The van der Waals surface area contributed by atoms with Gasteiger partial charge in [-0.3, -0.25) is 0 Å². The molecule has 0 spiro atoms. The van der Waals surface area contributed by atoms with Gasteiger partial charge in [0, 0.05) is 15.3 Å². The molecule has 0 fully saturated rings. The van der Waals surface area contributed by atoms with Gasteiger partial charge in [0.1, 0.15) is 18.1 Å². The maximum Gasteiger partial charge on any atom is 0.339 e. The summed E-state index contributed by atoms with van der Waals surface area (Å²) in [6.45, 7) is 0.104. The van der Waals surface area contributed by atoms with Gasteiger partial charge >= 0.3 is 5.97 Å². The maximum absolute atomic E-state index is 12.7. The second kappa shape index (κ2) is 8.69. The van der Waals surface area contributed by atoms with E-state index in [9.17, 15) is 4.79 Å². The van der Waals surface area contributed by atoms with Gasteiger partial charge in [-0.2, -0.15) is 0 Å². The summed E-state index contributed by atoms with van der Waals surface area (Å²) in [6.07, 6.45) is 1.86. The van der Waals surface area contributed by atoms with Crippen molar-refractivity contribution in [3.63, 3.8) is 0 Å². The van der Waals surface area contributed by atoms with Crippen LogP contribution in [-0.4, -0.2) is 20.2 Å². The summed E-state index contributed by atoms with van der Waals surface area (Å²) in [7, 11) is 3.18. The van der Waals surface area contributed by atoms with Crippen molar-refractivity contribution < 1.29 is 19.0 Å². The Kier molecular flexibility index (Phi) is 6.09. The van der Waals surface area contributed by atoms with Gasteiger partial charge in [-0.05, 0) is 47.2 Å². The average Bonchev–Trinajstić information content (AvgIpc) is 3.37. The first-order valence-corrected chi connectivity index (χ1v) is 9.64. The minimum absolute atomic E-state index is 0.104. The zero-order chi connectivity index (χ0) is 18.4. The summed E-state index contributed by atoms with van der Waals surface area (Å²) in [5.74, 6) is 0.966. The molecular formula is C20H18O4S2. The van der Waals surface area contributed by atoms with Crippen LogP contribution in [0.15, 0.2) is 53.2 Å². The third-order valence-corrected chi connectivity index (χ3v) is 5.41. The Morgan fingerprint density at radius 1 is 1.04 bits per heavy atom. The number of esters is 1. The molecule has 2 aromatic heterocycles. The van der Waals surface area contributed by atoms with Crippen molar-refractivity contribution in [2.75, 3.05) is 14.2 Å². The molecule has 0 aliphatic rings. The Morgan fingerprint density at radius 3 is 2.50 bits per heavy atom. The van der Waals surface area contributed by atoms with Crippen molar-refractivity contribution >= 4 is 40.3 Å². The van der Waals surface area contributed by atoms with Gasteiger partial charge in [-0.15, -0.1) is 22.7 Å². The fourth-order valence-electron chi connectivity index (χ4n) is 2.39. The Balaban J connectivity index is 1.81. The highest BCUT2D eigenvalue weighted by Crippen LogP contribution is 2.28. The van der Waals surface area contributed by atoms with Crippen LogP contribution in [0, 0.1) is 0 Å². The van der Waals surface area contributed by atoms with E-state index < -0.39 is 0 Å². The predicted octanol–water partition coefficient (Wildman–Crippen LogP) is 5.11. The first-order valence-electron chi connectivity index (χ1n) is 7.88. The first kappa shape index (κ1) is 18.2. The van der Waals surface area contributed by atoms with Gasteiger partial charge < -0.3 is 14.2 Å². The summed E-state index contributed by atoms with van der Waals surface area (Å²) in [4.78, 5) is 14.6. The summed E-state index contributed by atoms with van der Waals surface area (Å²) in [5.41, 5.74) is 1.30. The number of carbonyl (C=O) groups excluding carboxylic acids is 1. The molecular weight excluding hydrogens is 368 g/mol. The molecule has 0 aliphatic heterocycles. The first-order chi connectivity index (χ1) is 12.7. The number of ether oxygens (including phenoxy) is 3. The smallest absolute Gasteiger partial charge is 0.339 e. The molecule has 0 amide bonds. The van der Waals surface area contributed by atoms with E-state index in [0.717, 1.165) is 15.3 Å². The monoisotopic (exact) mass is 386 g/mol. The zero-order valence-corrected chi connectivity index (χ0v) is 16.1. The molecule has 0 bridgehead atoms. The van der Waals surface area contributed by atoms with Crippen LogP contribution in [0.4, 0.5) is 0 Å². The summed E-state index contributed by atoms with van der Waals surface area (Å²) in [5, 5.41) is 3.92. The standard InChI is InChI=1S/C20H18O4S2/c1-22-15-7-8-18(23-2)14(11-15)13-24-20(21)17(19-6-4-10-26-19)12-16-5-3-9-25-16/h3-12H,13H2,1-2H3/b17-12+.